The first-order valence-electron chi connectivity index (χ1n) is 8.72. The zero-order valence-electron chi connectivity index (χ0n) is 17.0. The van der Waals surface area contributed by atoms with Crippen molar-refractivity contribution in [3.05, 3.63) is 53.1 Å². The molecule has 2 aromatic carbocycles. The fourth-order valence-electron chi connectivity index (χ4n) is 2.59. The highest BCUT2D eigenvalue weighted by molar-refractivity contribution is 5.99. The number of methoxy groups -OCH3 is 3. The molecule has 2 amide bonds. The lowest BCUT2D eigenvalue weighted by Crippen LogP contribution is -2.41. The maximum absolute atomic E-state index is 12.4. The molecule has 0 aliphatic heterocycles. The first-order valence-corrected chi connectivity index (χ1v) is 8.72. The first-order chi connectivity index (χ1) is 13.2. The Balaban J connectivity index is 2.10. The van der Waals surface area contributed by atoms with Gasteiger partial charge in [0.15, 0.2) is 11.5 Å². The second-order valence-corrected chi connectivity index (χ2v) is 7.15. The van der Waals surface area contributed by atoms with Crippen LogP contribution in [0.25, 0.3) is 0 Å². The average molecular weight is 386 g/mol. The highest BCUT2D eigenvalue weighted by Gasteiger charge is 2.18. The number of ether oxygens (including phenoxy) is 3. The molecule has 28 heavy (non-hydrogen) atoms. The molecule has 150 valence electrons. The van der Waals surface area contributed by atoms with Crippen molar-refractivity contribution in [1.82, 2.24) is 10.9 Å². The van der Waals surface area contributed by atoms with Crippen molar-refractivity contribution in [3.8, 4) is 17.2 Å². The van der Waals surface area contributed by atoms with Gasteiger partial charge in [-0.25, -0.2) is 0 Å². The number of hydrogen-bond donors (Lipinski definition) is 2. The summed E-state index contributed by atoms with van der Waals surface area (Å²) in [6, 6.07) is 10.2. The molecule has 0 spiro atoms. The van der Waals surface area contributed by atoms with E-state index in [-0.39, 0.29) is 11.0 Å². The molecule has 0 aliphatic carbocycles. The quantitative estimate of drug-likeness (QED) is 0.772. The minimum atomic E-state index is -0.515. The third kappa shape index (κ3) is 4.73. The lowest BCUT2D eigenvalue weighted by Gasteiger charge is -2.19. The highest BCUT2D eigenvalue weighted by atomic mass is 16.5. The molecule has 0 saturated carbocycles. The van der Waals surface area contributed by atoms with Gasteiger partial charge in [-0.15, -0.1) is 0 Å². The van der Waals surface area contributed by atoms with Crippen LogP contribution in [0.4, 0.5) is 0 Å². The fraction of sp³-hybridized carbons (Fsp3) is 0.333. The van der Waals surface area contributed by atoms with Gasteiger partial charge in [0.05, 0.1) is 21.3 Å². The summed E-state index contributed by atoms with van der Waals surface area (Å²) in [5.74, 6) is 0.136. The van der Waals surface area contributed by atoms with Crippen LogP contribution in [0.1, 0.15) is 47.1 Å². The number of nitrogens with one attached hydrogen (secondary N) is 2. The van der Waals surface area contributed by atoms with Crippen molar-refractivity contribution >= 4 is 11.8 Å². The van der Waals surface area contributed by atoms with E-state index in [1.807, 2.05) is 12.1 Å². The van der Waals surface area contributed by atoms with Crippen LogP contribution in [0.2, 0.25) is 0 Å². The second kappa shape index (κ2) is 8.65. The predicted octanol–water partition coefficient (Wildman–Crippen LogP) is 3.08. The van der Waals surface area contributed by atoms with E-state index in [1.165, 1.54) is 33.5 Å². The summed E-state index contributed by atoms with van der Waals surface area (Å²) in [5.41, 5.74) is 6.60. The predicted molar refractivity (Wildman–Crippen MR) is 106 cm³/mol. The molecule has 0 atom stereocenters. The topological polar surface area (TPSA) is 85.9 Å². The average Bonchev–Trinajstić information content (AvgIpc) is 2.69. The largest absolute Gasteiger partial charge is 0.493 e. The van der Waals surface area contributed by atoms with Crippen LogP contribution in [0.5, 0.6) is 17.2 Å². The molecule has 0 aromatic heterocycles. The van der Waals surface area contributed by atoms with Crippen LogP contribution in [0.3, 0.4) is 0 Å². The third-order valence-electron chi connectivity index (χ3n) is 4.23. The minimum Gasteiger partial charge on any atom is -0.493 e. The van der Waals surface area contributed by atoms with Gasteiger partial charge in [0.2, 0.25) is 5.75 Å². The van der Waals surface area contributed by atoms with Crippen molar-refractivity contribution in [1.29, 1.82) is 0 Å². The van der Waals surface area contributed by atoms with Crippen molar-refractivity contribution in [2.75, 3.05) is 21.3 Å². The first kappa shape index (κ1) is 21.1. The van der Waals surface area contributed by atoms with Crippen molar-refractivity contribution in [3.63, 3.8) is 0 Å². The summed E-state index contributed by atoms with van der Waals surface area (Å²) in [5, 5.41) is 0. The van der Waals surface area contributed by atoms with E-state index in [1.54, 1.807) is 12.1 Å². The second-order valence-electron chi connectivity index (χ2n) is 7.15. The number of benzene rings is 2. The molecular weight excluding hydrogens is 360 g/mol. The molecule has 0 radical (unpaired) electrons. The number of hydrazine groups is 1. The van der Waals surface area contributed by atoms with Gasteiger partial charge in [-0.2, -0.15) is 0 Å². The van der Waals surface area contributed by atoms with E-state index in [9.17, 15) is 9.59 Å². The maximum Gasteiger partial charge on any atom is 0.269 e. The van der Waals surface area contributed by atoms with Gasteiger partial charge in [0.1, 0.15) is 0 Å². The monoisotopic (exact) mass is 386 g/mol. The molecule has 2 aromatic rings. The van der Waals surface area contributed by atoms with E-state index in [2.05, 4.69) is 31.6 Å². The Morgan fingerprint density at radius 1 is 0.750 bits per heavy atom. The molecule has 2 rings (SSSR count). The molecule has 0 saturated heterocycles. The molecule has 0 heterocycles. The Morgan fingerprint density at radius 2 is 1.21 bits per heavy atom. The van der Waals surface area contributed by atoms with Crippen LogP contribution in [0, 0.1) is 0 Å². The van der Waals surface area contributed by atoms with Crippen LogP contribution < -0.4 is 25.1 Å². The van der Waals surface area contributed by atoms with Gasteiger partial charge in [-0.3, -0.25) is 20.4 Å². The number of amides is 2. The minimum absolute atomic E-state index is 0.00427. The summed E-state index contributed by atoms with van der Waals surface area (Å²) < 4.78 is 15.7. The summed E-state index contributed by atoms with van der Waals surface area (Å²) in [7, 11) is 4.40. The molecule has 0 bridgehead atoms. The molecular formula is C21H26N2O5. The normalized spacial score (nSPS) is 10.8. The van der Waals surface area contributed by atoms with Crippen molar-refractivity contribution in [2.24, 2.45) is 0 Å². The maximum atomic E-state index is 12.4. The van der Waals surface area contributed by atoms with Gasteiger partial charge >= 0.3 is 0 Å². The SMILES string of the molecule is COc1cc(C(=O)NNC(=O)c2ccc(C(C)(C)C)cc2)cc(OC)c1OC. The van der Waals surface area contributed by atoms with E-state index in [4.69, 9.17) is 14.2 Å². The summed E-state index contributed by atoms with van der Waals surface area (Å²) >= 11 is 0. The fourth-order valence-corrected chi connectivity index (χ4v) is 2.59. The van der Waals surface area contributed by atoms with E-state index < -0.39 is 11.8 Å². The Morgan fingerprint density at radius 3 is 1.61 bits per heavy atom. The van der Waals surface area contributed by atoms with Crippen molar-refractivity contribution < 1.29 is 23.8 Å². The van der Waals surface area contributed by atoms with Gasteiger partial charge in [0.25, 0.3) is 11.8 Å². The Labute approximate surface area is 165 Å². The standard InChI is InChI=1S/C21H26N2O5/c1-21(2,3)15-9-7-13(8-10-15)19(24)22-23-20(25)14-11-16(26-4)18(28-6)17(12-14)27-5/h7-12H,1-6H3,(H,22,24)(H,23,25). The van der Waals surface area contributed by atoms with Gasteiger partial charge in [-0.1, -0.05) is 32.9 Å². The smallest absolute Gasteiger partial charge is 0.269 e. The molecule has 7 nitrogen and oxygen atoms in total. The number of carbonyl (C=O) groups is 2. The van der Waals surface area contributed by atoms with Crippen molar-refractivity contribution in [2.45, 2.75) is 26.2 Å². The molecule has 0 unspecified atom stereocenters. The van der Waals surface area contributed by atoms with Gasteiger partial charge in [0, 0.05) is 11.1 Å². The summed E-state index contributed by atoms with van der Waals surface area (Å²) in [6.07, 6.45) is 0. The Kier molecular flexibility index (Phi) is 6.51. The highest BCUT2D eigenvalue weighted by Crippen LogP contribution is 2.38. The molecule has 7 heteroatoms. The van der Waals surface area contributed by atoms with Crippen LogP contribution in [-0.4, -0.2) is 33.1 Å². The molecule has 0 fully saturated rings. The van der Waals surface area contributed by atoms with Gasteiger partial charge in [-0.05, 0) is 35.2 Å². The zero-order valence-corrected chi connectivity index (χ0v) is 17.0. The number of hydrogen-bond acceptors (Lipinski definition) is 5. The summed E-state index contributed by atoms with van der Waals surface area (Å²) in [6.45, 7) is 6.29. The third-order valence-corrected chi connectivity index (χ3v) is 4.23. The lowest BCUT2D eigenvalue weighted by molar-refractivity contribution is 0.0846. The van der Waals surface area contributed by atoms with Crippen LogP contribution in [0.15, 0.2) is 36.4 Å². The number of carbonyl (C=O) groups excluding carboxylic acids is 2. The molecule has 2 N–H and O–H groups in total. The van der Waals surface area contributed by atoms with Gasteiger partial charge < -0.3 is 14.2 Å². The zero-order chi connectivity index (χ0) is 20.9. The Bertz CT molecular complexity index is 829. The van der Waals surface area contributed by atoms with Crippen LogP contribution >= 0.6 is 0 Å². The van der Waals surface area contributed by atoms with E-state index in [0.717, 1.165) is 5.56 Å². The lowest BCUT2D eigenvalue weighted by atomic mass is 9.87. The Hall–Kier alpha value is -3.22. The van der Waals surface area contributed by atoms with Crippen LogP contribution in [-0.2, 0) is 5.41 Å². The summed E-state index contributed by atoms with van der Waals surface area (Å²) in [4.78, 5) is 24.7. The van der Waals surface area contributed by atoms with E-state index >= 15 is 0 Å². The number of rotatable bonds is 5. The molecule has 0 aliphatic rings. The van der Waals surface area contributed by atoms with E-state index in [0.29, 0.717) is 22.8 Å².